The fourth-order valence-electron chi connectivity index (χ4n) is 4.46. The van der Waals surface area contributed by atoms with Crippen molar-refractivity contribution in [3.63, 3.8) is 0 Å². The summed E-state index contributed by atoms with van der Waals surface area (Å²) in [6, 6.07) is 27.0. The number of benzene rings is 3. The molecule has 1 amide bonds. The summed E-state index contributed by atoms with van der Waals surface area (Å²) in [7, 11) is 0. The van der Waals surface area contributed by atoms with Crippen LogP contribution < -0.4 is 4.90 Å². The van der Waals surface area contributed by atoms with Crippen LogP contribution in [0.15, 0.2) is 99.8 Å². The van der Waals surface area contributed by atoms with Gasteiger partial charge in [0.25, 0.3) is 5.91 Å². The summed E-state index contributed by atoms with van der Waals surface area (Å²) >= 11 is 2.72. The van der Waals surface area contributed by atoms with E-state index in [2.05, 4.69) is 10.2 Å². The van der Waals surface area contributed by atoms with Gasteiger partial charge in [-0.3, -0.25) is 19.3 Å². The first kappa shape index (κ1) is 23.3. The molecule has 2 aromatic heterocycles. The number of ketones is 2. The number of rotatable bonds is 7. The lowest BCUT2D eigenvalue weighted by Crippen LogP contribution is -2.30. The lowest BCUT2D eigenvalue weighted by Gasteiger charge is -2.24. The van der Waals surface area contributed by atoms with Crippen LogP contribution in [0.1, 0.15) is 27.7 Å². The number of hydrogen-bond donors (Lipinski definition) is 0. The van der Waals surface area contributed by atoms with Crippen LogP contribution in [0.5, 0.6) is 0 Å². The molecule has 3 heterocycles. The van der Waals surface area contributed by atoms with Gasteiger partial charge < -0.3 is 4.42 Å². The van der Waals surface area contributed by atoms with Gasteiger partial charge in [0.05, 0.1) is 6.04 Å². The molecule has 1 aliphatic heterocycles. The molecule has 37 heavy (non-hydrogen) atoms. The highest BCUT2D eigenvalue weighted by atomic mass is 32.2. The van der Waals surface area contributed by atoms with E-state index >= 15 is 0 Å². The smallest absolute Gasteiger partial charge is 0.297 e. The van der Waals surface area contributed by atoms with Gasteiger partial charge in [-0.1, -0.05) is 102 Å². The topological polar surface area (TPSA) is 93.4 Å². The average molecular weight is 526 g/mol. The number of fused-ring (bicyclic) bond motifs is 1. The van der Waals surface area contributed by atoms with Gasteiger partial charge in [0.15, 0.2) is 10.1 Å². The molecule has 1 aliphatic rings. The van der Waals surface area contributed by atoms with Gasteiger partial charge in [-0.15, -0.1) is 10.2 Å². The summed E-state index contributed by atoms with van der Waals surface area (Å²) in [5, 5.41) is 9.51. The molecule has 1 fully saturated rings. The van der Waals surface area contributed by atoms with Crippen molar-refractivity contribution in [3.05, 3.63) is 108 Å². The Labute approximate surface area is 220 Å². The Balaban J connectivity index is 1.35. The second-order valence-corrected chi connectivity index (χ2v) is 10.7. The molecule has 0 bridgehead atoms. The van der Waals surface area contributed by atoms with E-state index in [-0.39, 0.29) is 10.9 Å². The Morgan fingerprint density at radius 2 is 1.62 bits per heavy atom. The fourth-order valence-corrected chi connectivity index (χ4v) is 6.30. The minimum Gasteiger partial charge on any atom is -0.453 e. The van der Waals surface area contributed by atoms with Gasteiger partial charge in [0, 0.05) is 11.1 Å². The molecule has 3 aromatic carbocycles. The first-order valence-corrected chi connectivity index (χ1v) is 13.4. The third-order valence-corrected chi connectivity index (χ3v) is 8.33. The molecule has 0 saturated carbocycles. The maximum absolute atomic E-state index is 13.7. The number of carbonyl (C=O) groups is 3. The zero-order valence-corrected chi connectivity index (χ0v) is 20.9. The minimum atomic E-state index is -1.26. The number of carbonyl (C=O) groups excluding carboxylic acids is 3. The zero-order valence-electron chi connectivity index (χ0n) is 19.3. The van der Waals surface area contributed by atoms with Crippen molar-refractivity contribution < 1.29 is 18.8 Å². The Morgan fingerprint density at radius 1 is 0.919 bits per heavy atom. The van der Waals surface area contributed by atoms with E-state index in [1.54, 1.807) is 24.3 Å². The standard InChI is InChI=1S/C28H19N3O4S2/c32-24(21-15-19-13-7-8-14-20(19)35-21)22-23(18-11-5-2-6-12-18)31(26(34)25(22)33)27-29-30-28(37-27)36-16-17-9-3-1-4-10-17/h1-15,22-23H,16H2. The van der Waals surface area contributed by atoms with Crippen LogP contribution in [0.2, 0.25) is 0 Å². The molecule has 2 atom stereocenters. The lowest BCUT2D eigenvalue weighted by atomic mass is 9.88. The van der Waals surface area contributed by atoms with E-state index in [9.17, 15) is 14.4 Å². The Bertz CT molecular complexity index is 1580. The molecule has 2 unspecified atom stereocenters. The van der Waals surface area contributed by atoms with Gasteiger partial charge >= 0.3 is 0 Å². The summed E-state index contributed by atoms with van der Waals surface area (Å²) in [6.07, 6.45) is 0. The second kappa shape index (κ2) is 9.76. The highest BCUT2D eigenvalue weighted by Gasteiger charge is 2.54. The molecule has 1 saturated heterocycles. The predicted molar refractivity (Wildman–Crippen MR) is 142 cm³/mol. The normalized spacial score (nSPS) is 17.6. The van der Waals surface area contributed by atoms with Crippen LogP contribution in [-0.4, -0.2) is 27.7 Å². The van der Waals surface area contributed by atoms with Crippen molar-refractivity contribution in [1.82, 2.24) is 10.2 Å². The van der Waals surface area contributed by atoms with Crippen molar-refractivity contribution in [1.29, 1.82) is 0 Å². The Kier molecular flexibility index (Phi) is 6.15. The van der Waals surface area contributed by atoms with Crippen molar-refractivity contribution in [3.8, 4) is 0 Å². The van der Waals surface area contributed by atoms with Crippen LogP contribution in [0.4, 0.5) is 5.13 Å². The zero-order chi connectivity index (χ0) is 25.4. The van der Waals surface area contributed by atoms with E-state index in [0.717, 1.165) is 10.9 Å². The molecule has 6 rings (SSSR count). The molecule has 0 radical (unpaired) electrons. The van der Waals surface area contributed by atoms with E-state index in [0.29, 0.717) is 21.2 Å². The number of hydrogen-bond acceptors (Lipinski definition) is 8. The summed E-state index contributed by atoms with van der Waals surface area (Å²) in [6.45, 7) is 0. The largest absolute Gasteiger partial charge is 0.453 e. The number of thioether (sulfide) groups is 1. The van der Waals surface area contributed by atoms with Crippen molar-refractivity contribution >= 4 is 56.7 Å². The van der Waals surface area contributed by atoms with Crippen LogP contribution in [0.3, 0.4) is 0 Å². The van der Waals surface area contributed by atoms with Gasteiger partial charge in [0.2, 0.25) is 16.7 Å². The van der Waals surface area contributed by atoms with Crippen molar-refractivity contribution in [2.24, 2.45) is 5.92 Å². The SMILES string of the molecule is O=C1C(=O)N(c2nnc(SCc3ccccc3)s2)C(c2ccccc2)C1C(=O)c1cc2ccccc2o1. The molecule has 9 heteroatoms. The Morgan fingerprint density at radius 3 is 2.38 bits per heavy atom. The predicted octanol–water partition coefficient (Wildman–Crippen LogP) is 5.73. The van der Waals surface area contributed by atoms with E-state index in [4.69, 9.17) is 4.42 Å². The molecule has 5 aromatic rings. The van der Waals surface area contributed by atoms with Gasteiger partial charge in [0.1, 0.15) is 11.5 Å². The summed E-state index contributed by atoms with van der Waals surface area (Å²) in [4.78, 5) is 41.6. The average Bonchev–Trinajstić information content (AvgIpc) is 3.65. The number of nitrogens with zero attached hydrogens (tertiary/aromatic N) is 3. The van der Waals surface area contributed by atoms with E-state index in [1.807, 2.05) is 66.7 Å². The van der Waals surface area contributed by atoms with Crippen molar-refractivity contribution in [2.75, 3.05) is 4.90 Å². The highest BCUT2D eigenvalue weighted by Crippen LogP contribution is 2.43. The third-order valence-electron chi connectivity index (χ3n) is 6.20. The molecule has 7 nitrogen and oxygen atoms in total. The molecule has 0 N–H and O–H groups in total. The molecule has 182 valence electrons. The lowest BCUT2D eigenvalue weighted by molar-refractivity contribution is -0.135. The number of aromatic nitrogens is 2. The van der Waals surface area contributed by atoms with Crippen LogP contribution >= 0.6 is 23.1 Å². The minimum absolute atomic E-state index is 0.0477. The van der Waals surface area contributed by atoms with Gasteiger partial charge in [-0.25, -0.2) is 0 Å². The first-order valence-electron chi connectivity index (χ1n) is 11.6. The maximum atomic E-state index is 13.7. The summed E-state index contributed by atoms with van der Waals surface area (Å²) < 4.78 is 6.43. The molecular formula is C28H19N3O4S2. The maximum Gasteiger partial charge on any atom is 0.297 e. The fraction of sp³-hybridized carbons (Fsp3) is 0.107. The monoisotopic (exact) mass is 525 g/mol. The van der Waals surface area contributed by atoms with E-state index < -0.39 is 29.4 Å². The Hall–Kier alpha value is -4.08. The first-order chi connectivity index (χ1) is 18.1. The van der Waals surface area contributed by atoms with E-state index in [1.165, 1.54) is 28.0 Å². The van der Waals surface area contributed by atoms with Crippen molar-refractivity contribution in [2.45, 2.75) is 16.1 Å². The number of amides is 1. The molecule has 0 aliphatic carbocycles. The second-order valence-electron chi connectivity index (χ2n) is 8.51. The van der Waals surface area contributed by atoms with Crippen LogP contribution in [0.25, 0.3) is 11.0 Å². The molecule has 0 spiro atoms. The number of furan rings is 1. The number of Topliss-reactive ketones (excluding diaryl/α,β-unsaturated/α-hetero) is 2. The number of para-hydroxylation sites is 1. The highest BCUT2D eigenvalue weighted by molar-refractivity contribution is 8.00. The third kappa shape index (κ3) is 4.36. The van der Waals surface area contributed by atoms with Gasteiger partial charge in [-0.05, 0) is 23.3 Å². The summed E-state index contributed by atoms with van der Waals surface area (Å²) in [5.74, 6) is -2.62. The molecular weight excluding hydrogens is 506 g/mol. The van der Waals surface area contributed by atoms with Crippen LogP contribution in [0, 0.1) is 5.92 Å². The quantitative estimate of drug-likeness (QED) is 0.0880. The van der Waals surface area contributed by atoms with Crippen LogP contribution in [-0.2, 0) is 15.3 Å². The summed E-state index contributed by atoms with van der Waals surface area (Å²) in [5.41, 5.74) is 2.33. The number of anilines is 1. The van der Waals surface area contributed by atoms with Gasteiger partial charge in [-0.2, -0.15) is 0 Å².